The van der Waals surface area contributed by atoms with Gasteiger partial charge in [-0.3, -0.25) is 9.20 Å². The standard InChI is InChI=1S/C19H27N7O2.C2HF3O2/c1-22(2)19(28)25-7-6-14(12-25)17-21-20-16-5-4-15(13-26(16)17)18(27)24-10-8-23(3)9-11-24;3-2(4,5)1(6)7/h4-5,13-14H,6-12H2,1-3H3;(H,6,7). The lowest BCUT2D eigenvalue weighted by molar-refractivity contribution is -0.192. The molecule has 4 rings (SSSR count). The van der Waals surface area contributed by atoms with Gasteiger partial charge >= 0.3 is 18.2 Å². The molecule has 3 amide bonds. The molecule has 35 heavy (non-hydrogen) atoms. The number of aromatic nitrogens is 3. The fourth-order valence-electron chi connectivity index (χ4n) is 3.93. The summed E-state index contributed by atoms with van der Waals surface area (Å²) in [5, 5.41) is 15.8. The number of likely N-dealkylation sites (N-methyl/N-ethyl adjacent to an activating group) is 1. The van der Waals surface area contributed by atoms with Gasteiger partial charge in [0.2, 0.25) is 0 Å². The maximum absolute atomic E-state index is 12.9. The van der Waals surface area contributed by atoms with Crippen LogP contribution in [0.1, 0.15) is 28.5 Å². The number of aliphatic carboxylic acids is 1. The Kier molecular flexibility index (Phi) is 7.83. The molecule has 4 heterocycles. The quantitative estimate of drug-likeness (QED) is 0.661. The number of rotatable bonds is 2. The van der Waals surface area contributed by atoms with Crippen molar-refractivity contribution < 1.29 is 32.7 Å². The van der Waals surface area contributed by atoms with Crippen molar-refractivity contribution in [2.24, 2.45) is 0 Å². The average Bonchev–Trinajstić information content (AvgIpc) is 3.45. The molecule has 1 unspecified atom stereocenters. The van der Waals surface area contributed by atoms with E-state index in [1.165, 1.54) is 0 Å². The summed E-state index contributed by atoms with van der Waals surface area (Å²) in [5.74, 6) is -1.78. The van der Waals surface area contributed by atoms with Gasteiger partial charge < -0.3 is 24.7 Å². The molecule has 11 nitrogen and oxygen atoms in total. The van der Waals surface area contributed by atoms with Gasteiger partial charge in [0, 0.05) is 65.5 Å². The van der Waals surface area contributed by atoms with Crippen molar-refractivity contribution >= 4 is 23.6 Å². The molecule has 2 aliphatic heterocycles. The fourth-order valence-corrected chi connectivity index (χ4v) is 3.93. The van der Waals surface area contributed by atoms with Gasteiger partial charge in [0.25, 0.3) is 5.91 Å². The molecule has 0 bridgehead atoms. The number of alkyl halides is 3. The summed E-state index contributed by atoms with van der Waals surface area (Å²) in [7, 11) is 5.60. The van der Waals surface area contributed by atoms with E-state index in [-0.39, 0.29) is 17.9 Å². The highest BCUT2D eigenvalue weighted by Gasteiger charge is 2.38. The van der Waals surface area contributed by atoms with E-state index in [4.69, 9.17) is 9.90 Å². The number of piperazine rings is 1. The number of urea groups is 1. The summed E-state index contributed by atoms with van der Waals surface area (Å²) in [5.41, 5.74) is 1.37. The van der Waals surface area contributed by atoms with Crippen molar-refractivity contribution in [1.29, 1.82) is 0 Å². The van der Waals surface area contributed by atoms with E-state index in [9.17, 15) is 22.8 Å². The summed E-state index contributed by atoms with van der Waals surface area (Å²) >= 11 is 0. The van der Waals surface area contributed by atoms with Gasteiger partial charge in [-0.2, -0.15) is 13.2 Å². The minimum Gasteiger partial charge on any atom is -0.475 e. The first kappa shape index (κ1) is 26.2. The molecule has 2 saturated heterocycles. The maximum atomic E-state index is 12.9. The molecule has 2 aromatic rings. The number of carboxylic acids is 1. The van der Waals surface area contributed by atoms with Crippen LogP contribution in [0.15, 0.2) is 18.3 Å². The normalized spacial score (nSPS) is 18.9. The lowest BCUT2D eigenvalue weighted by atomic mass is 10.1. The molecule has 0 spiro atoms. The summed E-state index contributed by atoms with van der Waals surface area (Å²) in [6, 6.07) is 3.69. The highest BCUT2D eigenvalue weighted by atomic mass is 19.4. The second-order valence-electron chi connectivity index (χ2n) is 8.71. The molecule has 1 atom stereocenters. The molecule has 14 heteroatoms. The molecule has 0 saturated carbocycles. The molecular weight excluding hydrogens is 471 g/mol. The van der Waals surface area contributed by atoms with E-state index >= 15 is 0 Å². The minimum absolute atomic E-state index is 0.0160. The molecule has 192 valence electrons. The number of amides is 3. The van der Waals surface area contributed by atoms with Gasteiger partial charge in [-0.15, -0.1) is 10.2 Å². The predicted molar refractivity (Wildman–Crippen MR) is 118 cm³/mol. The highest BCUT2D eigenvalue weighted by Crippen LogP contribution is 2.27. The second-order valence-corrected chi connectivity index (χ2v) is 8.71. The predicted octanol–water partition coefficient (Wildman–Crippen LogP) is 1.22. The third-order valence-corrected chi connectivity index (χ3v) is 5.92. The number of hydrogen-bond acceptors (Lipinski definition) is 6. The zero-order valence-electron chi connectivity index (χ0n) is 19.7. The largest absolute Gasteiger partial charge is 0.490 e. The lowest BCUT2D eigenvalue weighted by Crippen LogP contribution is -2.47. The Morgan fingerprint density at radius 2 is 1.66 bits per heavy atom. The van der Waals surface area contributed by atoms with Crippen LogP contribution in [0.4, 0.5) is 18.0 Å². The number of halogens is 3. The molecule has 0 aliphatic carbocycles. The number of carbonyl (C=O) groups is 3. The van der Waals surface area contributed by atoms with Crippen molar-refractivity contribution in [1.82, 2.24) is 34.2 Å². The average molecular weight is 499 g/mol. The van der Waals surface area contributed by atoms with Crippen LogP contribution in [0.2, 0.25) is 0 Å². The summed E-state index contributed by atoms with van der Waals surface area (Å²) in [4.78, 5) is 41.6. The number of hydrogen-bond donors (Lipinski definition) is 1. The first-order valence-corrected chi connectivity index (χ1v) is 11.0. The Balaban J connectivity index is 0.000000429. The Morgan fingerprint density at radius 3 is 2.23 bits per heavy atom. The third kappa shape index (κ3) is 6.18. The van der Waals surface area contributed by atoms with Crippen LogP contribution in [0.3, 0.4) is 0 Å². The van der Waals surface area contributed by atoms with E-state index in [1.807, 2.05) is 32.5 Å². The number of nitrogens with zero attached hydrogens (tertiary/aromatic N) is 7. The minimum atomic E-state index is -5.08. The molecule has 2 fully saturated rings. The van der Waals surface area contributed by atoms with Crippen molar-refractivity contribution in [3.8, 4) is 0 Å². The Bertz CT molecular complexity index is 1080. The highest BCUT2D eigenvalue weighted by molar-refractivity contribution is 5.94. The maximum Gasteiger partial charge on any atom is 0.490 e. The SMILES string of the molecule is CN1CCN(C(=O)c2ccc3nnc(C4CCN(C(=O)N(C)C)C4)n3c2)CC1.O=C(O)C(F)(F)F. The molecule has 1 N–H and O–H groups in total. The number of pyridine rings is 1. The Hall–Kier alpha value is -3.42. The van der Waals surface area contributed by atoms with E-state index in [2.05, 4.69) is 22.1 Å². The van der Waals surface area contributed by atoms with Crippen molar-refractivity contribution in [2.75, 3.05) is 60.4 Å². The summed E-state index contributed by atoms with van der Waals surface area (Å²) in [6.45, 7) is 4.59. The zero-order valence-corrected chi connectivity index (χ0v) is 19.7. The smallest absolute Gasteiger partial charge is 0.475 e. The summed E-state index contributed by atoms with van der Waals surface area (Å²) < 4.78 is 33.7. The number of fused-ring (bicyclic) bond motifs is 1. The molecule has 0 radical (unpaired) electrons. The van der Waals surface area contributed by atoms with E-state index in [0.717, 1.165) is 44.1 Å². The van der Waals surface area contributed by atoms with Crippen LogP contribution >= 0.6 is 0 Å². The van der Waals surface area contributed by atoms with Crippen LogP contribution in [0.5, 0.6) is 0 Å². The van der Waals surface area contributed by atoms with Crippen molar-refractivity contribution in [3.63, 3.8) is 0 Å². The fraction of sp³-hybridized carbons (Fsp3) is 0.571. The zero-order chi connectivity index (χ0) is 25.9. The lowest BCUT2D eigenvalue weighted by Gasteiger charge is -2.32. The van der Waals surface area contributed by atoms with E-state index in [1.54, 1.807) is 19.0 Å². The van der Waals surface area contributed by atoms with Crippen LogP contribution in [0.25, 0.3) is 5.65 Å². The molecule has 2 aliphatic rings. The van der Waals surface area contributed by atoms with Gasteiger partial charge in [-0.05, 0) is 25.6 Å². The van der Waals surface area contributed by atoms with Gasteiger partial charge in [-0.25, -0.2) is 9.59 Å². The number of carbonyl (C=O) groups excluding carboxylic acids is 2. The first-order chi connectivity index (χ1) is 16.4. The van der Waals surface area contributed by atoms with Crippen molar-refractivity contribution in [2.45, 2.75) is 18.5 Å². The van der Waals surface area contributed by atoms with Gasteiger partial charge in [0.05, 0.1) is 5.56 Å². The number of carboxylic acid groups (broad SMARTS) is 1. The molecular formula is C21H28F3N7O4. The van der Waals surface area contributed by atoms with Gasteiger partial charge in [-0.1, -0.05) is 0 Å². The van der Waals surface area contributed by atoms with Gasteiger partial charge in [0.15, 0.2) is 5.65 Å². The van der Waals surface area contributed by atoms with Crippen LogP contribution in [-0.2, 0) is 4.79 Å². The molecule has 0 aromatic carbocycles. The Labute approximate surface area is 199 Å². The molecule has 2 aromatic heterocycles. The Morgan fingerprint density at radius 1 is 1.03 bits per heavy atom. The topological polar surface area (TPSA) is 115 Å². The first-order valence-electron chi connectivity index (χ1n) is 11.0. The third-order valence-electron chi connectivity index (χ3n) is 5.92. The second kappa shape index (κ2) is 10.5. The van der Waals surface area contributed by atoms with E-state index in [0.29, 0.717) is 18.7 Å². The van der Waals surface area contributed by atoms with Crippen LogP contribution in [-0.4, -0.2) is 124 Å². The van der Waals surface area contributed by atoms with E-state index < -0.39 is 12.1 Å². The number of likely N-dealkylation sites (tertiary alicyclic amines) is 1. The van der Waals surface area contributed by atoms with Crippen LogP contribution < -0.4 is 0 Å². The van der Waals surface area contributed by atoms with Gasteiger partial charge in [0.1, 0.15) is 5.82 Å². The monoisotopic (exact) mass is 499 g/mol. The summed E-state index contributed by atoms with van der Waals surface area (Å²) in [6.07, 6.45) is -2.39. The van der Waals surface area contributed by atoms with Crippen molar-refractivity contribution in [3.05, 3.63) is 29.7 Å². The van der Waals surface area contributed by atoms with Crippen LogP contribution in [0, 0.1) is 0 Å².